The number of benzene rings is 1. The summed E-state index contributed by atoms with van der Waals surface area (Å²) in [4.78, 5) is 47.8. The topological polar surface area (TPSA) is 105 Å². The highest BCUT2D eigenvalue weighted by atomic mass is 35.5. The summed E-state index contributed by atoms with van der Waals surface area (Å²) < 4.78 is 19.2. The molecule has 0 fully saturated rings. The standard InChI is InChI=1S/C20H18Cl4O8/c1-9(2)5-29-11(25)7-31-19(27)13-15(21)17(23)14(18(24)16(13)22)20(28)32-8-12(26)30-6-10(3)4/h1,3,5-8H2,2,4H3. The van der Waals surface area contributed by atoms with Crippen molar-refractivity contribution in [1.82, 2.24) is 0 Å². The molecule has 0 radical (unpaired) electrons. The molecule has 0 saturated heterocycles. The minimum Gasteiger partial charge on any atom is -0.459 e. The van der Waals surface area contributed by atoms with Gasteiger partial charge in [0.1, 0.15) is 13.2 Å². The molecule has 8 nitrogen and oxygen atoms in total. The van der Waals surface area contributed by atoms with E-state index in [1.807, 2.05) is 0 Å². The Morgan fingerprint density at radius 2 is 0.875 bits per heavy atom. The first-order valence-corrected chi connectivity index (χ1v) is 10.2. The highest BCUT2D eigenvalue weighted by Gasteiger charge is 2.30. The van der Waals surface area contributed by atoms with Crippen LogP contribution in [0.4, 0.5) is 0 Å². The molecule has 1 aromatic carbocycles. The molecule has 0 amide bonds. The van der Waals surface area contributed by atoms with E-state index in [9.17, 15) is 19.2 Å². The van der Waals surface area contributed by atoms with Gasteiger partial charge < -0.3 is 18.9 Å². The van der Waals surface area contributed by atoms with Crippen LogP contribution in [-0.4, -0.2) is 50.3 Å². The van der Waals surface area contributed by atoms with Gasteiger partial charge in [-0.25, -0.2) is 19.2 Å². The van der Waals surface area contributed by atoms with E-state index in [1.54, 1.807) is 13.8 Å². The van der Waals surface area contributed by atoms with Gasteiger partial charge in [-0.15, -0.1) is 0 Å². The van der Waals surface area contributed by atoms with Gasteiger partial charge in [0, 0.05) is 0 Å². The summed E-state index contributed by atoms with van der Waals surface area (Å²) in [5, 5.41) is -1.90. The molecule has 0 aromatic heterocycles. The van der Waals surface area contributed by atoms with Crippen LogP contribution in [0.1, 0.15) is 34.6 Å². The van der Waals surface area contributed by atoms with Crippen LogP contribution in [-0.2, 0) is 28.5 Å². The monoisotopic (exact) mass is 526 g/mol. The summed E-state index contributed by atoms with van der Waals surface area (Å²) in [7, 11) is 0. The molecule has 0 atom stereocenters. The predicted octanol–water partition coefficient (Wildman–Crippen LogP) is 4.85. The Labute approximate surface area is 203 Å². The van der Waals surface area contributed by atoms with Crippen molar-refractivity contribution in [3.63, 3.8) is 0 Å². The van der Waals surface area contributed by atoms with E-state index >= 15 is 0 Å². The number of ether oxygens (including phenoxy) is 4. The van der Waals surface area contributed by atoms with E-state index in [4.69, 9.17) is 65.4 Å². The smallest absolute Gasteiger partial charge is 0.344 e. The SMILES string of the molecule is C=C(C)COC(=O)COC(=O)c1c(Cl)c(Cl)c(C(=O)OCC(=O)OCC(=C)C)c(Cl)c1Cl. The van der Waals surface area contributed by atoms with Gasteiger partial charge in [0.25, 0.3) is 0 Å². The molecular weight excluding hydrogens is 510 g/mol. The zero-order chi connectivity index (χ0) is 24.6. The van der Waals surface area contributed by atoms with E-state index in [2.05, 4.69) is 13.2 Å². The maximum Gasteiger partial charge on any atom is 0.344 e. The van der Waals surface area contributed by atoms with E-state index < -0.39 is 68.3 Å². The van der Waals surface area contributed by atoms with Gasteiger partial charge >= 0.3 is 23.9 Å². The van der Waals surface area contributed by atoms with Crippen molar-refractivity contribution in [2.45, 2.75) is 13.8 Å². The summed E-state index contributed by atoms with van der Waals surface area (Å²) in [5.74, 6) is -3.97. The van der Waals surface area contributed by atoms with E-state index in [-0.39, 0.29) is 13.2 Å². The molecule has 12 heteroatoms. The molecule has 0 N–H and O–H groups in total. The third-order valence-corrected chi connectivity index (χ3v) is 4.98. The minimum atomic E-state index is -1.14. The first-order chi connectivity index (χ1) is 14.9. The minimum absolute atomic E-state index is 0.0485. The molecule has 0 aliphatic rings. The summed E-state index contributed by atoms with van der Waals surface area (Å²) in [5.41, 5.74) is 0.212. The van der Waals surface area contributed by atoms with Crippen LogP contribution in [0.5, 0.6) is 0 Å². The highest BCUT2D eigenvalue weighted by molar-refractivity contribution is 6.52. The molecular formula is C20H18Cl4O8. The summed E-state index contributed by atoms with van der Waals surface area (Å²) in [6.07, 6.45) is 0. The van der Waals surface area contributed by atoms with Crippen molar-refractivity contribution in [2.24, 2.45) is 0 Å². The van der Waals surface area contributed by atoms with E-state index in [0.717, 1.165) is 0 Å². The summed E-state index contributed by atoms with van der Waals surface area (Å²) in [6.45, 7) is 8.81. The van der Waals surface area contributed by atoms with Crippen molar-refractivity contribution >= 4 is 70.3 Å². The molecule has 1 rings (SSSR count). The number of hydrogen-bond donors (Lipinski definition) is 0. The number of rotatable bonds is 10. The van der Waals surface area contributed by atoms with Crippen molar-refractivity contribution in [1.29, 1.82) is 0 Å². The molecule has 0 unspecified atom stereocenters. The number of carbonyl (C=O) groups excluding carboxylic acids is 4. The van der Waals surface area contributed by atoms with Gasteiger partial charge in [-0.1, -0.05) is 59.6 Å². The summed E-state index contributed by atoms with van der Waals surface area (Å²) >= 11 is 24.3. The fourth-order valence-corrected chi connectivity index (χ4v) is 3.04. The second-order valence-corrected chi connectivity index (χ2v) is 7.91. The zero-order valence-corrected chi connectivity index (χ0v) is 20.0. The normalized spacial score (nSPS) is 10.2. The molecule has 0 aliphatic heterocycles. The quantitative estimate of drug-likeness (QED) is 0.184. The van der Waals surface area contributed by atoms with Gasteiger partial charge in [0.15, 0.2) is 13.2 Å². The van der Waals surface area contributed by atoms with Crippen LogP contribution < -0.4 is 0 Å². The first kappa shape index (κ1) is 27.8. The Hall–Kier alpha value is -2.26. The first-order valence-electron chi connectivity index (χ1n) is 8.66. The third-order valence-electron chi connectivity index (χ3n) is 3.27. The maximum atomic E-state index is 12.3. The Balaban J connectivity index is 2.97. The Bertz CT molecular complexity index is 865. The Morgan fingerprint density at radius 3 is 1.12 bits per heavy atom. The number of hydrogen-bond acceptors (Lipinski definition) is 8. The van der Waals surface area contributed by atoms with Crippen molar-refractivity contribution in [3.05, 3.63) is 55.5 Å². The second-order valence-electron chi connectivity index (χ2n) is 6.39. The molecule has 0 aliphatic carbocycles. The van der Waals surface area contributed by atoms with Gasteiger partial charge in [0.2, 0.25) is 0 Å². The summed E-state index contributed by atoms with van der Waals surface area (Å²) in [6, 6.07) is 0. The lowest BCUT2D eigenvalue weighted by Gasteiger charge is -2.14. The van der Waals surface area contributed by atoms with Crippen LogP contribution in [0, 0.1) is 0 Å². The van der Waals surface area contributed by atoms with Crippen molar-refractivity contribution in [3.8, 4) is 0 Å². The second kappa shape index (κ2) is 12.7. The molecule has 32 heavy (non-hydrogen) atoms. The fraction of sp³-hybridized carbons (Fsp3) is 0.300. The maximum absolute atomic E-state index is 12.3. The number of carbonyl (C=O) groups is 4. The average molecular weight is 528 g/mol. The highest BCUT2D eigenvalue weighted by Crippen LogP contribution is 2.41. The van der Waals surface area contributed by atoms with Gasteiger partial charge in [-0.05, 0) is 25.0 Å². The lowest BCUT2D eigenvalue weighted by Crippen LogP contribution is -2.19. The molecule has 174 valence electrons. The molecule has 0 saturated carbocycles. The van der Waals surface area contributed by atoms with Crippen LogP contribution in [0.15, 0.2) is 24.3 Å². The molecule has 0 heterocycles. The molecule has 1 aromatic rings. The predicted molar refractivity (Wildman–Crippen MR) is 119 cm³/mol. The average Bonchev–Trinajstić information content (AvgIpc) is 2.72. The number of halogens is 4. The van der Waals surface area contributed by atoms with Gasteiger partial charge in [0.05, 0.1) is 31.2 Å². The van der Waals surface area contributed by atoms with Crippen LogP contribution in [0.25, 0.3) is 0 Å². The Morgan fingerprint density at radius 1 is 0.594 bits per heavy atom. The lowest BCUT2D eigenvalue weighted by molar-refractivity contribution is -0.146. The van der Waals surface area contributed by atoms with Crippen LogP contribution in [0.3, 0.4) is 0 Å². The number of esters is 4. The van der Waals surface area contributed by atoms with Gasteiger partial charge in [-0.2, -0.15) is 0 Å². The van der Waals surface area contributed by atoms with E-state index in [1.165, 1.54) is 0 Å². The third kappa shape index (κ3) is 8.02. The molecule has 0 spiro atoms. The molecule has 0 bridgehead atoms. The van der Waals surface area contributed by atoms with Crippen LogP contribution >= 0.6 is 46.4 Å². The van der Waals surface area contributed by atoms with Crippen LogP contribution in [0.2, 0.25) is 20.1 Å². The lowest BCUT2D eigenvalue weighted by atomic mass is 10.1. The van der Waals surface area contributed by atoms with Gasteiger partial charge in [-0.3, -0.25) is 0 Å². The fourth-order valence-electron chi connectivity index (χ4n) is 1.87. The van der Waals surface area contributed by atoms with Crippen molar-refractivity contribution in [2.75, 3.05) is 26.4 Å². The van der Waals surface area contributed by atoms with E-state index in [0.29, 0.717) is 11.1 Å². The zero-order valence-electron chi connectivity index (χ0n) is 17.0. The van der Waals surface area contributed by atoms with Crippen molar-refractivity contribution < 1.29 is 38.1 Å². The largest absolute Gasteiger partial charge is 0.459 e. The Kier molecular flexibility index (Phi) is 11.0.